The van der Waals surface area contributed by atoms with E-state index in [1.54, 1.807) is 6.92 Å². The fourth-order valence-corrected chi connectivity index (χ4v) is 1.49. The third kappa shape index (κ3) is 5.01. The van der Waals surface area contributed by atoms with E-state index >= 15 is 0 Å². The summed E-state index contributed by atoms with van der Waals surface area (Å²) in [6.45, 7) is 11.9. The average molecular weight is 226 g/mol. The van der Waals surface area contributed by atoms with Crippen molar-refractivity contribution in [2.24, 2.45) is 17.3 Å². The summed E-state index contributed by atoms with van der Waals surface area (Å²) in [4.78, 5) is 0. The molecule has 0 aliphatic carbocycles. The molecule has 0 saturated carbocycles. The van der Waals surface area contributed by atoms with Gasteiger partial charge in [0, 0.05) is 0 Å². The molecule has 0 aromatic heterocycles. The summed E-state index contributed by atoms with van der Waals surface area (Å²) in [5, 5.41) is 19.4. The van der Waals surface area contributed by atoms with Crippen LogP contribution < -0.4 is 0 Å². The minimum absolute atomic E-state index is 0.0232. The van der Waals surface area contributed by atoms with Crippen LogP contribution in [0.15, 0.2) is 0 Å². The van der Waals surface area contributed by atoms with E-state index in [1.165, 1.54) is 0 Å². The molecule has 0 rings (SSSR count). The maximum Gasteiger partial charge on any atom is 0.123 e. The van der Waals surface area contributed by atoms with Gasteiger partial charge in [0.2, 0.25) is 0 Å². The van der Waals surface area contributed by atoms with Crippen LogP contribution in [0.25, 0.3) is 0 Å². The van der Waals surface area contributed by atoms with E-state index in [1.807, 2.05) is 20.8 Å². The molecular weight excluding hydrogens is 200 g/mol. The molecule has 0 saturated heterocycles. The highest BCUT2D eigenvalue weighted by Crippen LogP contribution is 2.26. The van der Waals surface area contributed by atoms with Crippen LogP contribution >= 0.6 is 0 Å². The van der Waals surface area contributed by atoms with E-state index in [9.17, 15) is 10.2 Å². The van der Waals surface area contributed by atoms with E-state index < -0.39 is 11.0 Å². The van der Waals surface area contributed by atoms with Gasteiger partial charge >= 0.3 is 0 Å². The number of rotatable bonds is 4. The van der Waals surface area contributed by atoms with Gasteiger partial charge in [-0.3, -0.25) is 0 Å². The summed E-state index contributed by atoms with van der Waals surface area (Å²) in [7, 11) is 0. The van der Waals surface area contributed by atoms with Crippen LogP contribution in [-0.2, 0) is 0 Å². The third-order valence-electron chi connectivity index (χ3n) is 3.03. The van der Waals surface area contributed by atoms with E-state index in [0.29, 0.717) is 12.3 Å². The first-order valence-electron chi connectivity index (χ1n) is 6.00. The van der Waals surface area contributed by atoms with Crippen LogP contribution in [0, 0.1) is 29.1 Å². The van der Waals surface area contributed by atoms with Crippen LogP contribution in [0.5, 0.6) is 0 Å². The standard InChI is InChI=1S/C14H26O2/c1-11(2)9-14(6,16)8-7-13(5,10-15)12(3)4/h11-12,15-16H,9-10H2,1-6H3. The van der Waals surface area contributed by atoms with Crippen LogP contribution in [0.3, 0.4) is 0 Å². The molecule has 0 fully saturated rings. The van der Waals surface area contributed by atoms with E-state index in [-0.39, 0.29) is 12.5 Å². The lowest BCUT2D eigenvalue weighted by Gasteiger charge is -2.26. The van der Waals surface area contributed by atoms with Crippen LogP contribution in [0.1, 0.15) is 48.0 Å². The lowest BCUT2D eigenvalue weighted by Crippen LogP contribution is -2.29. The Kier molecular flexibility index (Phi) is 5.52. The highest BCUT2D eigenvalue weighted by Gasteiger charge is 2.26. The Balaban J connectivity index is 4.81. The van der Waals surface area contributed by atoms with Gasteiger partial charge in [0.05, 0.1) is 12.0 Å². The monoisotopic (exact) mass is 226 g/mol. The van der Waals surface area contributed by atoms with Gasteiger partial charge < -0.3 is 10.2 Å². The predicted octanol–water partition coefficient (Wildman–Crippen LogP) is 2.44. The van der Waals surface area contributed by atoms with Crippen molar-refractivity contribution in [1.29, 1.82) is 0 Å². The molecular formula is C14H26O2. The molecule has 0 aromatic carbocycles. The van der Waals surface area contributed by atoms with Crippen molar-refractivity contribution in [3.05, 3.63) is 0 Å². The van der Waals surface area contributed by atoms with Crippen molar-refractivity contribution in [1.82, 2.24) is 0 Å². The Labute approximate surface area is 100 Å². The fourth-order valence-electron chi connectivity index (χ4n) is 1.49. The number of hydrogen-bond donors (Lipinski definition) is 2. The van der Waals surface area contributed by atoms with E-state index in [2.05, 4.69) is 25.7 Å². The van der Waals surface area contributed by atoms with Gasteiger partial charge in [-0.1, -0.05) is 39.5 Å². The zero-order valence-corrected chi connectivity index (χ0v) is 11.5. The Morgan fingerprint density at radius 3 is 1.88 bits per heavy atom. The summed E-state index contributed by atoms with van der Waals surface area (Å²) in [6, 6.07) is 0. The van der Waals surface area contributed by atoms with Gasteiger partial charge in [-0.2, -0.15) is 0 Å². The molecule has 2 N–H and O–H groups in total. The zero-order valence-electron chi connectivity index (χ0n) is 11.5. The third-order valence-corrected chi connectivity index (χ3v) is 3.03. The van der Waals surface area contributed by atoms with Crippen molar-refractivity contribution >= 4 is 0 Å². The predicted molar refractivity (Wildman–Crippen MR) is 67.9 cm³/mol. The molecule has 0 aromatic rings. The summed E-state index contributed by atoms with van der Waals surface area (Å²) >= 11 is 0. The zero-order chi connectivity index (χ0) is 13.0. The second-order valence-electron chi connectivity index (χ2n) is 5.85. The van der Waals surface area contributed by atoms with Gasteiger partial charge in [0.25, 0.3) is 0 Å². The number of aliphatic hydroxyl groups excluding tert-OH is 1. The summed E-state index contributed by atoms with van der Waals surface area (Å²) in [5.74, 6) is 6.62. The molecule has 0 radical (unpaired) electrons. The van der Waals surface area contributed by atoms with E-state index in [4.69, 9.17) is 0 Å². The minimum Gasteiger partial charge on any atom is -0.395 e. The first-order valence-corrected chi connectivity index (χ1v) is 6.00. The molecule has 0 aliphatic rings. The van der Waals surface area contributed by atoms with Gasteiger partial charge in [-0.05, 0) is 32.1 Å². The fraction of sp³-hybridized carbons (Fsp3) is 0.857. The Morgan fingerprint density at radius 2 is 1.56 bits per heavy atom. The Morgan fingerprint density at radius 1 is 1.06 bits per heavy atom. The van der Waals surface area contributed by atoms with Crippen molar-refractivity contribution < 1.29 is 10.2 Å². The van der Waals surface area contributed by atoms with Crippen molar-refractivity contribution in [3.8, 4) is 11.8 Å². The largest absolute Gasteiger partial charge is 0.395 e. The quantitative estimate of drug-likeness (QED) is 0.723. The van der Waals surface area contributed by atoms with Gasteiger partial charge in [0.1, 0.15) is 5.60 Å². The number of hydrogen-bond acceptors (Lipinski definition) is 2. The molecule has 2 unspecified atom stereocenters. The molecule has 16 heavy (non-hydrogen) atoms. The van der Waals surface area contributed by atoms with Crippen LogP contribution in [0.2, 0.25) is 0 Å². The average Bonchev–Trinajstić information content (AvgIpc) is 2.12. The summed E-state index contributed by atoms with van der Waals surface area (Å²) in [6.07, 6.45) is 0.652. The van der Waals surface area contributed by atoms with Crippen LogP contribution in [0.4, 0.5) is 0 Å². The molecule has 0 spiro atoms. The number of aliphatic hydroxyl groups is 2. The molecule has 2 atom stereocenters. The lowest BCUT2D eigenvalue weighted by atomic mass is 9.79. The molecule has 0 aliphatic heterocycles. The molecule has 2 nitrogen and oxygen atoms in total. The molecule has 0 heterocycles. The van der Waals surface area contributed by atoms with Gasteiger partial charge in [-0.25, -0.2) is 0 Å². The molecule has 2 heteroatoms. The van der Waals surface area contributed by atoms with Crippen LogP contribution in [-0.4, -0.2) is 22.4 Å². The highest BCUT2D eigenvalue weighted by atomic mass is 16.3. The van der Waals surface area contributed by atoms with Crippen molar-refractivity contribution in [2.45, 2.75) is 53.6 Å². The van der Waals surface area contributed by atoms with Crippen molar-refractivity contribution in [3.63, 3.8) is 0 Å². The highest BCUT2D eigenvalue weighted by molar-refractivity contribution is 5.19. The summed E-state index contributed by atoms with van der Waals surface area (Å²) < 4.78 is 0. The Hall–Kier alpha value is -0.520. The molecule has 94 valence electrons. The molecule has 0 bridgehead atoms. The SMILES string of the molecule is CC(C)CC(C)(O)C#CC(C)(CO)C(C)C. The van der Waals surface area contributed by atoms with E-state index in [0.717, 1.165) is 0 Å². The second kappa shape index (κ2) is 5.70. The first-order chi connectivity index (χ1) is 7.13. The topological polar surface area (TPSA) is 40.5 Å². The summed E-state index contributed by atoms with van der Waals surface area (Å²) in [5.41, 5.74) is -1.39. The smallest absolute Gasteiger partial charge is 0.123 e. The maximum absolute atomic E-state index is 10.1. The minimum atomic E-state index is -0.959. The maximum atomic E-state index is 10.1. The lowest BCUT2D eigenvalue weighted by molar-refractivity contribution is 0.0957. The first kappa shape index (κ1) is 15.5. The van der Waals surface area contributed by atoms with Gasteiger partial charge in [-0.15, -0.1) is 0 Å². The Bertz CT molecular complexity index is 268. The van der Waals surface area contributed by atoms with Crippen molar-refractivity contribution in [2.75, 3.05) is 6.61 Å². The molecule has 0 amide bonds. The normalized spacial score (nSPS) is 18.9. The van der Waals surface area contributed by atoms with Gasteiger partial charge in [0.15, 0.2) is 0 Å². The second-order valence-corrected chi connectivity index (χ2v) is 5.85.